The lowest BCUT2D eigenvalue weighted by molar-refractivity contribution is -0.142. The number of aryl methyl sites for hydroxylation is 1. The number of hydrogen-bond donors (Lipinski definition) is 2. The fraction of sp³-hybridized carbons (Fsp3) is 0.190. The van der Waals surface area contributed by atoms with Crippen LogP contribution in [0.25, 0.3) is 16.6 Å². The number of aromatic amines is 1. The Labute approximate surface area is 173 Å². The molecule has 0 aliphatic rings. The third-order valence-electron chi connectivity index (χ3n) is 4.35. The van der Waals surface area contributed by atoms with Crippen LogP contribution in [0.4, 0.5) is 0 Å². The molecule has 0 aliphatic heterocycles. The van der Waals surface area contributed by atoms with E-state index >= 15 is 0 Å². The Morgan fingerprint density at radius 1 is 1.20 bits per heavy atom. The minimum Gasteiger partial charge on any atom is -0.507 e. The van der Waals surface area contributed by atoms with Gasteiger partial charge in [0.15, 0.2) is 21.4 Å². The number of aliphatic hydroxyl groups excluding tert-OH is 1. The molecule has 0 fully saturated rings. The first-order chi connectivity index (χ1) is 14.3. The molecule has 0 saturated heterocycles. The molecule has 0 unspecified atom stereocenters. The van der Waals surface area contributed by atoms with Gasteiger partial charge in [-0.05, 0) is 31.2 Å². The van der Waals surface area contributed by atoms with Crippen molar-refractivity contribution in [2.75, 3.05) is 12.4 Å². The highest BCUT2D eigenvalue weighted by molar-refractivity contribution is 7.91. The van der Waals surface area contributed by atoms with E-state index in [4.69, 9.17) is 4.74 Å². The van der Waals surface area contributed by atoms with E-state index in [9.17, 15) is 23.6 Å². The monoisotopic (exact) mass is 425 g/mol. The van der Waals surface area contributed by atoms with Gasteiger partial charge in [0.2, 0.25) is 0 Å². The molecular weight excluding hydrogens is 406 g/mol. The first kappa shape index (κ1) is 21.1. The average molecular weight is 425 g/mol. The van der Waals surface area contributed by atoms with E-state index < -0.39 is 33.9 Å². The number of nitriles is 1. The molecule has 0 bridgehead atoms. The summed E-state index contributed by atoms with van der Waals surface area (Å²) in [6, 6.07) is 15.3. The number of hydrogen-bond acceptors (Lipinski definition) is 7. The molecule has 3 aromatic rings. The number of rotatable bonds is 7. The molecule has 2 N–H and O–H groups in total. The van der Waals surface area contributed by atoms with E-state index in [1.165, 1.54) is 12.1 Å². The standard InChI is InChI=1S/C21H19N3O5S/c1-14-6-8-15(9-7-14)30(27,28)11-10-20(26)29-13-19(25)16(12-22)21-23-17-4-2-3-5-18(17)24-21/h2-9,25H,10-11,13H2,1H3,(H,23,24)/b19-16-. The molecule has 0 atom stereocenters. The third kappa shape index (κ3) is 4.85. The molecule has 30 heavy (non-hydrogen) atoms. The highest BCUT2D eigenvalue weighted by atomic mass is 32.2. The van der Waals surface area contributed by atoms with Gasteiger partial charge in [-0.2, -0.15) is 5.26 Å². The van der Waals surface area contributed by atoms with Gasteiger partial charge in [-0.1, -0.05) is 29.8 Å². The lowest BCUT2D eigenvalue weighted by atomic mass is 10.2. The Hall–Kier alpha value is -3.64. The summed E-state index contributed by atoms with van der Waals surface area (Å²) in [7, 11) is -3.63. The van der Waals surface area contributed by atoms with Crippen molar-refractivity contribution in [3.05, 3.63) is 65.7 Å². The fourth-order valence-electron chi connectivity index (χ4n) is 2.70. The molecule has 1 heterocycles. The molecule has 2 aromatic carbocycles. The molecule has 154 valence electrons. The van der Waals surface area contributed by atoms with Crippen molar-refractivity contribution in [1.82, 2.24) is 9.97 Å². The highest BCUT2D eigenvalue weighted by Crippen LogP contribution is 2.19. The predicted octanol–water partition coefficient (Wildman–Crippen LogP) is 3.07. The summed E-state index contributed by atoms with van der Waals surface area (Å²) >= 11 is 0. The molecule has 0 saturated carbocycles. The Balaban J connectivity index is 1.62. The first-order valence-electron chi connectivity index (χ1n) is 9.02. The van der Waals surface area contributed by atoms with Gasteiger partial charge in [-0.25, -0.2) is 13.4 Å². The van der Waals surface area contributed by atoms with Crippen LogP contribution in [0.1, 0.15) is 17.8 Å². The molecule has 0 aliphatic carbocycles. The maximum atomic E-state index is 12.3. The largest absolute Gasteiger partial charge is 0.507 e. The smallest absolute Gasteiger partial charge is 0.307 e. The van der Waals surface area contributed by atoms with Crippen LogP contribution in [-0.2, 0) is 19.4 Å². The van der Waals surface area contributed by atoms with Crippen LogP contribution in [0.5, 0.6) is 0 Å². The molecule has 0 amide bonds. The van der Waals surface area contributed by atoms with Crippen molar-refractivity contribution in [3.63, 3.8) is 0 Å². The average Bonchev–Trinajstić information content (AvgIpc) is 3.15. The number of allylic oxidation sites excluding steroid dienone is 1. The SMILES string of the molecule is Cc1ccc(S(=O)(=O)CCC(=O)OC/C(O)=C(\C#N)c2nc3ccccc3[nH]2)cc1. The van der Waals surface area contributed by atoms with Crippen LogP contribution in [0.15, 0.2) is 59.2 Å². The summed E-state index contributed by atoms with van der Waals surface area (Å²) in [6.07, 6.45) is -0.379. The number of nitrogens with one attached hydrogen (secondary N) is 1. The number of ether oxygens (including phenoxy) is 1. The normalized spacial score (nSPS) is 12.3. The van der Waals surface area contributed by atoms with Gasteiger partial charge in [-0.15, -0.1) is 0 Å². The van der Waals surface area contributed by atoms with Gasteiger partial charge in [0, 0.05) is 0 Å². The number of sulfone groups is 1. The van der Waals surface area contributed by atoms with E-state index in [0.717, 1.165) is 5.56 Å². The summed E-state index contributed by atoms with van der Waals surface area (Å²) in [6.45, 7) is 1.28. The second-order valence-electron chi connectivity index (χ2n) is 6.58. The van der Waals surface area contributed by atoms with Crippen LogP contribution in [0.3, 0.4) is 0 Å². The molecule has 0 radical (unpaired) electrons. The minimum atomic E-state index is -3.63. The zero-order valence-electron chi connectivity index (χ0n) is 16.1. The van der Waals surface area contributed by atoms with E-state index in [0.29, 0.717) is 11.0 Å². The van der Waals surface area contributed by atoms with Crippen LogP contribution in [-0.4, -0.2) is 41.8 Å². The minimum absolute atomic E-state index is 0.125. The number of benzene rings is 2. The summed E-state index contributed by atoms with van der Waals surface area (Å²) in [4.78, 5) is 19.2. The third-order valence-corrected chi connectivity index (χ3v) is 6.08. The maximum Gasteiger partial charge on any atom is 0.307 e. The zero-order valence-corrected chi connectivity index (χ0v) is 16.9. The topological polar surface area (TPSA) is 133 Å². The Morgan fingerprint density at radius 3 is 2.57 bits per heavy atom. The molecule has 0 spiro atoms. The van der Waals surface area contributed by atoms with Crippen molar-refractivity contribution >= 4 is 32.4 Å². The predicted molar refractivity (Wildman–Crippen MR) is 110 cm³/mol. The van der Waals surface area contributed by atoms with Crippen LogP contribution in [0, 0.1) is 18.3 Å². The summed E-state index contributed by atoms with van der Waals surface area (Å²) in [5, 5.41) is 19.5. The summed E-state index contributed by atoms with van der Waals surface area (Å²) in [5.74, 6) is -1.56. The second-order valence-corrected chi connectivity index (χ2v) is 8.69. The van der Waals surface area contributed by atoms with Gasteiger partial charge >= 0.3 is 5.97 Å². The Kier molecular flexibility index (Phi) is 6.18. The number of H-pyrrole nitrogens is 1. The molecule has 8 nitrogen and oxygen atoms in total. The van der Waals surface area contributed by atoms with Crippen molar-refractivity contribution in [3.8, 4) is 6.07 Å². The van der Waals surface area contributed by atoms with E-state index in [-0.39, 0.29) is 22.7 Å². The van der Waals surface area contributed by atoms with Gasteiger partial charge in [0.1, 0.15) is 18.2 Å². The number of esters is 1. The number of para-hydroxylation sites is 2. The number of imidazole rings is 1. The number of fused-ring (bicyclic) bond motifs is 1. The molecule has 3 rings (SSSR count). The van der Waals surface area contributed by atoms with Gasteiger partial charge in [0.25, 0.3) is 0 Å². The van der Waals surface area contributed by atoms with E-state index in [1.54, 1.807) is 36.4 Å². The van der Waals surface area contributed by atoms with E-state index in [2.05, 4.69) is 9.97 Å². The number of aromatic nitrogens is 2. The van der Waals surface area contributed by atoms with Crippen molar-refractivity contribution < 1.29 is 23.1 Å². The van der Waals surface area contributed by atoms with Crippen LogP contribution < -0.4 is 0 Å². The number of nitrogens with zero attached hydrogens (tertiary/aromatic N) is 2. The Morgan fingerprint density at radius 2 is 1.90 bits per heavy atom. The fourth-order valence-corrected chi connectivity index (χ4v) is 3.92. The van der Waals surface area contributed by atoms with Crippen molar-refractivity contribution in [1.29, 1.82) is 5.26 Å². The molecular formula is C21H19N3O5S. The molecule has 9 heteroatoms. The van der Waals surface area contributed by atoms with Crippen LogP contribution >= 0.6 is 0 Å². The second kappa shape index (κ2) is 8.80. The summed E-state index contributed by atoms with van der Waals surface area (Å²) in [5.41, 5.74) is 2.07. The lowest BCUT2D eigenvalue weighted by Gasteiger charge is -2.07. The van der Waals surface area contributed by atoms with Crippen molar-refractivity contribution in [2.45, 2.75) is 18.2 Å². The quantitative estimate of drug-likeness (QED) is 0.337. The first-order valence-corrected chi connectivity index (χ1v) is 10.7. The van der Waals surface area contributed by atoms with Gasteiger partial charge in [-0.3, -0.25) is 4.79 Å². The highest BCUT2D eigenvalue weighted by Gasteiger charge is 2.18. The number of carbonyl (C=O) groups excluding carboxylic acids is 1. The molecule has 1 aromatic heterocycles. The Bertz CT molecular complexity index is 1220. The number of carbonyl (C=O) groups is 1. The number of aliphatic hydroxyl groups is 1. The van der Waals surface area contributed by atoms with Gasteiger partial charge in [0.05, 0.1) is 28.1 Å². The maximum absolute atomic E-state index is 12.3. The van der Waals surface area contributed by atoms with Crippen LogP contribution in [0.2, 0.25) is 0 Å². The summed E-state index contributed by atoms with van der Waals surface area (Å²) < 4.78 is 29.5. The van der Waals surface area contributed by atoms with Gasteiger partial charge < -0.3 is 14.8 Å². The van der Waals surface area contributed by atoms with E-state index in [1.807, 2.05) is 13.0 Å². The van der Waals surface area contributed by atoms with Crippen molar-refractivity contribution in [2.24, 2.45) is 0 Å². The zero-order chi connectivity index (χ0) is 21.7. The lowest BCUT2D eigenvalue weighted by Crippen LogP contribution is -2.15.